The van der Waals surface area contributed by atoms with E-state index in [9.17, 15) is 0 Å². The van der Waals surface area contributed by atoms with Crippen molar-refractivity contribution in [3.8, 4) is 0 Å². The van der Waals surface area contributed by atoms with Crippen molar-refractivity contribution in [1.82, 2.24) is 15.0 Å². The first-order chi connectivity index (χ1) is 11.8. The maximum atomic E-state index is 4.87. The van der Waals surface area contributed by atoms with E-state index in [1.165, 1.54) is 25.7 Å². The van der Waals surface area contributed by atoms with Gasteiger partial charge in [0.05, 0.1) is 0 Å². The Kier molecular flexibility index (Phi) is 4.32. The molecule has 1 unspecified atom stereocenters. The quantitative estimate of drug-likeness (QED) is 0.914. The van der Waals surface area contributed by atoms with Gasteiger partial charge in [0.1, 0.15) is 17.5 Å². The molecule has 3 heterocycles. The minimum Gasteiger partial charge on any atom is -0.370 e. The number of hydrogen-bond acceptors (Lipinski definition) is 5. The molecule has 0 aromatic carbocycles. The van der Waals surface area contributed by atoms with Crippen molar-refractivity contribution in [2.75, 3.05) is 29.9 Å². The van der Waals surface area contributed by atoms with Gasteiger partial charge in [-0.1, -0.05) is 12.5 Å². The fourth-order valence-corrected chi connectivity index (χ4v) is 3.51. The summed E-state index contributed by atoms with van der Waals surface area (Å²) in [6.45, 7) is 5.19. The molecular formula is C19H25N5. The molecule has 24 heavy (non-hydrogen) atoms. The number of pyridine rings is 1. The number of anilines is 2. The van der Waals surface area contributed by atoms with Crippen LogP contribution in [-0.2, 0) is 0 Å². The second-order valence-electron chi connectivity index (χ2n) is 7.05. The molecule has 4 rings (SSSR count). The third kappa shape index (κ3) is 3.35. The zero-order valence-electron chi connectivity index (χ0n) is 14.3. The molecule has 2 aromatic rings. The van der Waals surface area contributed by atoms with Crippen LogP contribution < -0.4 is 10.2 Å². The summed E-state index contributed by atoms with van der Waals surface area (Å²) in [6.07, 6.45) is 6.85. The molecule has 1 saturated heterocycles. The van der Waals surface area contributed by atoms with Gasteiger partial charge in [0.15, 0.2) is 0 Å². The molecule has 5 nitrogen and oxygen atoms in total. The van der Waals surface area contributed by atoms with Crippen molar-refractivity contribution in [3.05, 3.63) is 42.0 Å². The summed E-state index contributed by atoms with van der Waals surface area (Å²) in [6, 6.07) is 8.11. The highest BCUT2D eigenvalue weighted by Crippen LogP contribution is 2.35. The van der Waals surface area contributed by atoms with Gasteiger partial charge in [-0.25, -0.2) is 15.0 Å². The fraction of sp³-hybridized carbons (Fsp3) is 0.526. The van der Waals surface area contributed by atoms with Crippen LogP contribution in [0.15, 0.2) is 30.5 Å². The van der Waals surface area contributed by atoms with Crippen molar-refractivity contribution < 1.29 is 0 Å². The second-order valence-corrected chi connectivity index (χ2v) is 7.05. The van der Waals surface area contributed by atoms with E-state index in [1.54, 1.807) is 0 Å². The van der Waals surface area contributed by atoms with Crippen LogP contribution in [0.5, 0.6) is 0 Å². The lowest BCUT2D eigenvalue weighted by atomic mass is 9.85. The second kappa shape index (κ2) is 6.75. The molecular weight excluding hydrogens is 298 g/mol. The zero-order chi connectivity index (χ0) is 16.4. The molecule has 0 amide bonds. The summed E-state index contributed by atoms with van der Waals surface area (Å²) in [5.74, 6) is 4.36. The summed E-state index contributed by atoms with van der Waals surface area (Å²) in [5.41, 5.74) is 1.09. The fourth-order valence-electron chi connectivity index (χ4n) is 3.51. The van der Waals surface area contributed by atoms with E-state index in [4.69, 9.17) is 4.98 Å². The van der Waals surface area contributed by atoms with E-state index >= 15 is 0 Å². The Labute approximate surface area is 143 Å². The predicted molar refractivity (Wildman–Crippen MR) is 96.4 cm³/mol. The lowest BCUT2D eigenvalue weighted by Gasteiger charge is -2.26. The molecule has 5 heteroatoms. The average molecular weight is 323 g/mol. The molecule has 0 radical (unpaired) electrons. The first-order valence-electron chi connectivity index (χ1n) is 9.03. The van der Waals surface area contributed by atoms with Crippen molar-refractivity contribution in [2.45, 2.75) is 38.5 Å². The standard InChI is InChI=1S/C19H25N5/c1-14-11-18(23-19(22-14)16-5-4-6-16)24-10-8-15(13-24)12-21-17-7-2-3-9-20-17/h2-3,7,9,11,15-16H,4-6,8,10,12-13H2,1H3,(H,20,21). The first-order valence-corrected chi connectivity index (χ1v) is 9.03. The van der Waals surface area contributed by atoms with Crippen LogP contribution in [0.25, 0.3) is 0 Å². The summed E-state index contributed by atoms with van der Waals surface area (Å²) in [7, 11) is 0. The van der Waals surface area contributed by atoms with Gasteiger partial charge in [-0.2, -0.15) is 0 Å². The van der Waals surface area contributed by atoms with Crippen molar-refractivity contribution in [3.63, 3.8) is 0 Å². The van der Waals surface area contributed by atoms with Crippen LogP contribution in [0, 0.1) is 12.8 Å². The van der Waals surface area contributed by atoms with Crippen LogP contribution in [0.2, 0.25) is 0 Å². The number of nitrogens with one attached hydrogen (secondary N) is 1. The lowest BCUT2D eigenvalue weighted by Crippen LogP contribution is -2.25. The monoisotopic (exact) mass is 323 g/mol. The number of aryl methyl sites for hydroxylation is 1. The van der Waals surface area contributed by atoms with E-state index < -0.39 is 0 Å². The highest BCUT2D eigenvalue weighted by atomic mass is 15.2. The van der Waals surface area contributed by atoms with Crippen LogP contribution in [0.4, 0.5) is 11.6 Å². The van der Waals surface area contributed by atoms with Crippen molar-refractivity contribution >= 4 is 11.6 Å². The SMILES string of the molecule is Cc1cc(N2CCC(CNc3ccccn3)C2)nc(C2CCC2)n1. The molecule has 2 aromatic heterocycles. The molecule has 2 fully saturated rings. The van der Waals surface area contributed by atoms with Gasteiger partial charge in [0.25, 0.3) is 0 Å². The zero-order valence-corrected chi connectivity index (χ0v) is 14.3. The van der Waals surface area contributed by atoms with E-state index in [0.29, 0.717) is 11.8 Å². The third-order valence-electron chi connectivity index (χ3n) is 5.17. The van der Waals surface area contributed by atoms with E-state index in [1.807, 2.05) is 24.4 Å². The Morgan fingerprint density at radius 1 is 1.21 bits per heavy atom. The van der Waals surface area contributed by atoms with Crippen LogP contribution in [0.1, 0.15) is 43.1 Å². The average Bonchev–Trinajstić information content (AvgIpc) is 3.01. The molecule has 0 bridgehead atoms. The Morgan fingerprint density at radius 2 is 2.12 bits per heavy atom. The van der Waals surface area contributed by atoms with Gasteiger partial charge >= 0.3 is 0 Å². The molecule has 1 atom stereocenters. The van der Waals surface area contributed by atoms with Gasteiger partial charge in [0.2, 0.25) is 0 Å². The third-order valence-corrected chi connectivity index (χ3v) is 5.17. The molecule has 0 spiro atoms. The summed E-state index contributed by atoms with van der Waals surface area (Å²) in [5, 5.41) is 3.45. The number of nitrogens with zero attached hydrogens (tertiary/aromatic N) is 4. The van der Waals surface area contributed by atoms with E-state index in [2.05, 4.69) is 33.2 Å². The van der Waals surface area contributed by atoms with Crippen LogP contribution in [-0.4, -0.2) is 34.6 Å². The largest absolute Gasteiger partial charge is 0.370 e. The van der Waals surface area contributed by atoms with Gasteiger partial charge < -0.3 is 10.2 Å². The maximum absolute atomic E-state index is 4.87. The topological polar surface area (TPSA) is 53.9 Å². The minimum absolute atomic E-state index is 0.591. The van der Waals surface area contributed by atoms with Crippen molar-refractivity contribution in [2.24, 2.45) is 5.92 Å². The van der Waals surface area contributed by atoms with Crippen LogP contribution >= 0.6 is 0 Å². The molecule has 1 aliphatic heterocycles. The molecule has 1 aliphatic carbocycles. The normalized spacial score (nSPS) is 20.9. The van der Waals surface area contributed by atoms with Gasteiger partial charge in [0, 0.05) is 43.5 Å². The highest BCUT2D eigenvalue weighted by molar-refractivity contribution is 5.42. The van der Waals surface area contributed by atoms with Gasteiger partial charge in [-0.05, 0) is 44.2 Å². The van der Waals surface area contributed by atoms with Gasteiger partial charge in [-0.15, -0.1) is 0 Å². The van der Waals surface area contributed by atoms with Crippen molar-refractivity contribution in [1.29, 1.82) is 0 Å². The van der Waals surface area contributed by atoms with Gasteiger partial charge in [-0.3, -0.25) is 0 Å². The molecule has 1 N–H and O–H groups in total. The smallest absolute Gasteiger partial charge is 0.134 e. The Morgan fingerprint density at radius 3 is 2.88 bits per heavy atom. The Hall–Kier alpha value is -2.17. The first kappa shape index (κ1) is 15.4. The summed E-state index contributed by atoms with van der Waals surface area (Å²) in [4.78, 5) is 16.3. The summed E-state index contributed by atoms with van der Waals surface area (Å²) >= 11 is 0. The minimum atomic E-state index is 0.591. The molecule has 2 aliphatic rings. The maximum Gasteiger partial charge on any atom is 0.134 e. The number of hydrogen-bond donors (Lipinski definition) is 1. The summed E-state index contributed by atoms with van der Waals surface area (Å²) < 4.78 is 0. The molecule has 1 saturated carbocycles. The number of aromatic nitrogens is 3. The Bertz CT molecular complexity index is 683. The Balaban J connectivity index is 1.38. The number of rotatable bonds is 5. The highest BCUT2D eigenvalue weighted by Gasteiger charge is 2.27. The predicted octanol–water partition coefficient (Wildman–Crippen LogP) is 3.39. The van der Waals surface area contributed by atoms with E-state index in [0.717, 1.165) is 42.8 Å². The molecule has 126 valence electrons. The van der Waals surface area contributed by atoms with E-state index in [-0.39, 0.29) is 0 Å². The lowest BCUT2D eigenvalue weighted by molar-refractivity contribution is 0.400. The van der Waals surface area contributed by atoms with Crippen LogP contribution in [0.3, 0.4) is 0 Å².